The summed E-state index contributed by atoms with van der Waals surface area (Å²) < 4.78 is 0. The van der Waals surface area contributed by atoms with Crippen molar-refractivity contribution in [1.82, 2.24) is 31.2 Å². The fourth-order valence-corrected chi connectivity index (χ4v) is 4.17. The van der Waals surface area contributed by atoms with Gasteiger partial charge in [0.2, 0.25) is 23.6 Å². The Balaban J connectivity index is 3.16. The number of hydrogen-bond acceptors (Lipinski definition) is 10. The predicted octanol–water partition coefficient (Wildman–Crippen LogP) is -3.14. The van der Waals surface area contributed by atoms with Gasteiger partial charge in [0.15, 0.2) is 5.96 Å². The van der Waals surface area contributed by atoms with E-state index < -0.39 is 78.6 Å². The lowest BCUT2D eigenvalue weighted by molar-refractivity contribution is -0.140. The number of carboxylic acid groups (broad SMARTS) is 2. The second-order valence-electron chi connectivity index (χ2n) is 10.9. The van der Waals surface area contributed by atoms with Crippen molar-refractivity contribution >= 4 is 47.8 Å². The van der Waals surface area contributed by atoms with Gasteiger partial charge in [-0.2, -0.15) is 0 Å². The molecule has 19 heteroatoms. The van der Waals surface area contributed by atoms with Crippen LogP contribution in [0.1, 0.15) is 58.1 Å². The van der Waals surface area contributed by atoms with Crippen LogP contribution in [0.4, 0.5) is 0 Å². The van der Waals surface area contributed by atoms with Gasteiger partial charge >= 0.3 is 11.9 Å². The summed E-state index contributed by atoms with van der Waals surface area (Å²) in [5.74, 6) is -6.35. The first-order chi connectivity index (χ1) is 21.6. The van der Waals surface area contributed by atoms with E-state index in [1.54, 1.807) is 13.8 Å². The van der Waals surface area contributed by atoms with E-state index in [1.807, 2.05) is 0 Å². The van der Waals surface area contributed by atoms with Crippen molar-refractivity contribution in [2.75, 3.05) is 6.54 Å². The number of nitrogens with zero attached hydrogens (tertiary/aromatic N) is 2. The van der Waals surface area contributed by atoms with E-state index in [1.165, 1.54) is 12.5 Å². The number of aldehydes is 1. The predicted molar refractivity (Wildman–Crippen MR) is 163 cm³/mol. The molecule has 0 aliphatic rings. The van der Waals surface area contributed by atoms with Gasteiger partial charge in [0.1, 0.15) is 24.4 Å². The van der Waals surface area contributed by atoms with Gasteiger partial charge in [0.05, 0.1) is 24.8 Å². The third-order valence-electron chi connectivity index (χ3n) is 6.42. The normalized spacial score (nSPS) is 14.1. The maximum Gasteiger partial charge on any atom is 0.305 e. The molecule has 0 saturated carbocycles. The highest BCUT2D eigenvalue weighted by Crippen LogP contribution is 2.09. The van der Waals surface area contributed by atoms with Crippen LogP contribution < -0.4 is 38.5 Å². The minimum atomic E-state index is -1.52. The number of aliphatic carboxylic acids is 2. The van der Waals surface area contributed by atoms with Gasteiger partial charge in [-0.15, -0.1) is 0 Å². The molecule has 1 rings (SSSR count). The number of hydrogen-bond donors (Lipinski definition) is 10. The van der Waals surface area contributed by atoms with Crippen molar-refractivity contribution in [2.24, 2.45) is 28.1 Å². The van der Waals surface area contributed by atoms with Gasteiger partial charge in [-0.05, 0) is 31.6 Å². The molecule has 0 spiro atoms. The van der Waals surface area contributed by atoms with E-state index in [2.05, 4.69) is 36.2 Å². The molecule has 46 heavy (non-hydrogen) atoms. The van der Waals surface area contributed by atoms with Crippen LogP contribution in [0.15, 0.2) is 17.5 Å². The first-order valence-electron chi connectivity index (χ1n) is 14.5. The zero-order chi connectivity index (χ0) is 34.8. The molecule has 1 heterocycles. The molecule has 0 bridgehead atoms. The number of imidazole rings is 1. The Morgan fingerprint density at radius 3 is 2.04 bits per heavy atom. The summed E-state index contributed by atoms with van der Waals surface area (Å²) in [6.07, 6.45) is 2.26. The van der Waals surface area contributed by atoms with Crippen molar-refractivity contribution in [3.63, 3.8) is 0 Å². The van der Waals surface area contributed by atoms with Gasteiger partial charge in [0.25, 0.3) is 0 Å². The summed E-state index contributed by atoms with van der Waals surface area (Å²) >= 11 is 0. The number of rotatable bonds is 22. The fourth-order valence-electron chi connectivity index (χ4n) is 4.17. The SMILES string of the molecule is CC(C)C[C@H](NC(=O)[C@H](CCC(=O)O)NC(=O)[C@@H](N)CC(=O)O)C(=O)N[C@@H](CCCN=C(N)N)C(=O)N[C@H](C=O)Cc1cnc[nH]1. The number of nitrogens with one attached hydrogen (secondary N) is 5. The summed E-state index contributed by atoms with van der Waals surface area (Å²) in [4.78, 5) is 96.8. The largest absolute Gasteiger partial charge is 0.481 e. The first-order valence-corrected chi connectivity index (χ1v) is 14.5. The number of carboxylic acids is 2. The van der Waals surface area contributed by atoms with E-state index in [-0.39, 0.29) is 50.5 Å². The Hall–Kier alpha value is -5.07. The molecule has 4 amide bonds. The molecule has 5 atom stereocenters. The molecular formula is C27H44N10O9. The molecule has 256 valence electrons. The maximum absolute atomic E-state index is 13.5. The Kier molecular flexibility index (Phi) is 17.0. The maximum atomic E-state index is 13.5. The van der Waals surface area contributed by atoms with Crippen LogP contribution in [0.25, 0.3) is 0 Å². The minimum Gasteiger partial charge on any atom is -0.481 e. The number of carbonyl (C=O) groups is 7. The molecule has 0 fully saturated rings. The standard InChI is InChI=1S/C27H44N10O9/c1-14(2)8-20(37-25(45)19(5-6-21(39)40)35-23(43)17(28)10-22(41)42)26(46)36-18(4-3-7-32-27(29)30)24(44)34-16(12-38)9-15-11-31-13-33-15/h11-14,16-20H,3-10,28H2,1-2H3,(H,31,33)(H,34,44)(H,35,43)(H,36,46)(H,37,45)(H,39,40)(H,41,42)(H4,29,30,32)/t16-,17-,18-,19-,20-/m0/s1. The summed E-state index contributed by atoms with van der Waals surface area (Å²) in [7, 11) is 0. The third-order valence-corrected chi connectivity index (χ3v) is 6.42. The van der Waals surface area contributed by atoms with E-state index in [9.17, 15) is 33.6 Å². The van der Waals surface area contributed by atoms with Crippen LogP contribution in [0.2, 0.25) is 0 Å². The quantitative estimate of drug-likeness (QED) is 0.0256. The molecule has 0 aliphatic carbocycles. The van der Waals surface area contributed by atoms with Gasteiger partial charge in [-0.1, -0.05) is 13.8 Å². The van der Waals surface area contributed by atoms with Crippen molar-refractivity contribution in [3.05, 3.63) is 18.2 Å². The number of amides is 4. The number of guanidine groups is 1. The summed E-state index contributed by atoms with van der Waals surface area (Å²) in [5, 5.41) is 27.9. The fraction of sp³-hybridized carbons (Fsp3) is 0.593. The van der Waals surface area contributed by atoms with Crippen LogP contribution in [-0.2, 0) is 40.0 Å². The summed E-state index contributed by atoms with van der Waals surface area (Å²) in [6, 6.07) is -6.38. The molecule has 13 N–H and O–H groups in total. The van der Waals surface area contributed by atoms with E-state index >= 15 is 0 Å². The molecule has 0 radical (unpaired) electrons. The number of aromatic amines is 1. The van der Waals surface area contributed by atoms with Crippen molar-refractivity contribution in [3.8, 4) is 0 Å². The zero-order valence-electron chi connectivity index (χ0n) is 25.7. The summed E-state index contributed by atoms with van der Waals surface area (Å²) in [5.41, 5.74) is 16.9. The minimum absolute atomic E-state index is 0.0467. The molecular weight excluding hydrogens is 608 g/mol. The van der Waals surface area contributed by atoms with Crippen molar-refractivity contribution < 1.29 is 43.8 Å². The lowest BCUT2D eigenvalue weighted by Crippen LogP contribution is -2.58. The van der Waals surface area contributed by atoms with Gasteiger partial charge < -0.3 is 58.5 Å². The first kappa shape index (κ1) is 39.0. The van der Waals surface area contributed by atoms with Gasteiger partial charge in [-0.25, -0.2) is 4.98 Å². The monoisotopic (exact) mass is 652 g/mol. The van der Waals surface area contributed by atoms with Crippen molar-refractivity contribution in [1.29, 1.82) is 0 Å². The zero-order valence-corrected chi connectivity index (χ0v) is 25.7. The van der Waals surface area contributed by atoms with Crippen LogP contribution in [0.3, 0.4) is 0 Å². The Morgan fingerprint density at radius 2 is 1.50 bits per heavy atom. The van der Waals surface area contributed by atoms with Gasteiger partial charge in [0, 0.05) is 31.3 Å². The molecule has 1 aromatic rings. The molecule has 0 aliphatic heterocycles. The number of aromatic nitrogens is 2. The Labute approximate surface area is 264 Å². The van der Waals surface area contributed by atoms with Crippen LogP contribution in [0.5, 0.6) is 0 Å². The highest BCUT2D eigenvalue weighted by molar-refractivity contribution is 5.95. The third kappa shape index (κ3) is 15.6. The Morgan fingerprint density at radius 1 is 0.913 bits per heavy atom. The highest BCUT2D eigenvalue weighted by atomic mass is 16.4. The summed E-state index contributed by atoms with van der Waals surface area (Å²) in [6.45, 7) is 3.67. The average Bonchev–Trinajstić information content (AvgIpc) is 3.47. The van der Waals surface area contributed by atoms with E-state index in [4.69, 9.17) is 27.4 Å². The lowest BCUT2D eigenvalue weighted by Gasteiger charge is -2.27. The second-order valence-corrected chi connectivity index (χ2v) is 10.9. The lowest BCUT2D eigenvalue weighted by atomic mass is 10.0. The highest BCUT2D eigenvalue weighted by Gasteiger charge is 2.32. The molecule has 0 unspecified atom stereocenters. The second kappa shape index (κ2) is 20.1. The average molecular weight is 653 g/mol. The molecule has 0 aromatic carbocycles. The molecule has 1 aromatic heterocycles. The van der Waals surface area contributed by atoms with Crippen LogP contribution in [-0.4, -0.2) is 105 Å². The van der Waals surface area contributed by atoms with Gasteiger partial charge in [-0.3, -0.25) is 33.8 Å². The van der Waals surface area contributed by atoms with Crippen LogP contribution >= 0.6 is 0 Å². The number of H-pyrrole nitrogens is 1. The Bertz CT molecular complexity index is 1220. The number of nitrogens with two attached hydrogens (primary N) is 3. The molecule has 19 nitrogen and oxygen atoms in total. The number of aliphatic imine (C=N–C) groups is 1. The topological polar surface area (TPSA) is 327 Å². The van der Waals surface area contributed by atoms with E-state index in [0.717, 1.165) is 0 Å². The van der Waals surface area contributed by atoms with Crippen LogP contribution in [0, 0.1) is 5.92 Å². The number of carbonyl (C=O) groups excluding carboxylic acids is 5. The smallest absolute Gasteiger partial charge is 0.305 e. The van der Waals surface area contributed by atoms with Crippen molar-refractivity contribution in [2.45, 2.75) is 89.0 Å². The molecule has 0 saturated heterocycles. The van der Waals surface area contributed by atoms with E-state index in [0.29, 0.717) is 12.0 Å².